The van der Waals surface area contributed by atoms with E-state index in [4.69, 9.17) is 5.73 Å². The lowest BCUT2D eigenvalue weighted by Gasteiger charge is -2.30. The smallest absolute Gasteiger partial charge is 0.254 e. The Labute approximate surface area is 165 Å². The van der Waals surface area contributed by atoms with Crippen LogP contribution in [0.15, 0.2) is 24.5 Å². The summed E-state index contributed by atoms with van der Waals surface area (Å²) >= 11 is 1.50. The lowest BCUT2D eigenvalue weighted by atomic mass is 9.91. The summed E-state index contributed by atoms with van der Waals surface area (Å²) in [6.45, 7) is 0.174. The number of nitrogens with zero attached hydrogens (tertiary/aromatic N) is 2. The van der Waals surface area contributed by atoms with E-state index in [1.54, 1.807) is 12.4 Å². The van der Waals surface area contributed by atoms with Gasteiger partial charge in [0.15, 0.2) is 11.6 Å². The minimum atomic E-state index is -0.461. The van der Waals surface area contributed by atoms with E-state index < -0.39 is 5.82 Å². The Hall–Kier alpha value is -2.58. The van der Waals surface area contributed by atoms with Crippen LogP contribution >= 0.6 is 11.3 Å². The van der Waals surface area contributed by atoms with Crippen molar-refractivity contribution in [3.05, 3.63) is 41.5 Å². The zero-order chi connectivity index (χ0) is 19.3. The van der Waals surface area contributed by atoms with Crippen molar-refractivity contribution < 1.29 is 9.18 Å². The predicted octanol–water partition coefficient (Wildman–Crippen LogP) is 3.42. The lowest BCUT2D eigenvalue weighted by molar-refractivity contribution is 0.0966. The molecule has 0 spiro atoms. The Balaban J connectivity index is 1.63. The summed E-state index contributed by atoms with van der Waals surface area (Å²) in [5, 5.41) is 6.98. The van der Waals surface area contributed by atoms with Gasteiger partial charge in [-0.25, -0.2) is 9.37 Å². The van der Waals surface area contributed by atoms with Crippen LogP contribution in [0, 0.1) is 5.82 Å². The minimum Gasteiger partial charge on any atom is -0.363 e. The number of rotatable bonds is 3. The molecule has 2 aliphatic rings. The fraction of sp³-hybridized carbons (Fsp3) is 0.350. The number of amides is 1. The van der Waals surface area contributed by atoms with Crippen LogP contribution in [-0.4, -0.2) is 28.0 Å². The highest BCUT2D eigenvalue weighted by Gasteiger charge is 2.32. The Morgan fingerprint density at radius 3 is 3.00 bits per heavy atom. The van der Waals surface area contributed by atoms with Gasteiger partial charge in [0.25, 0.3) is 5.91 Å². The van der Waals surface area contributed by atoms with Crippen LogP contribution in [0.25, 0.3) is 20.7 Å². The number of thiophene rings is 1. The number of anilines is 1. The monoisotopic (exact) mass is 397 g/mol. The second-order valence-corrected chi connectivity index (χ2v) is 8.47. The number of hydrogen-bond acceptors (Lipinski definition) is 6. The van der Waals surface area contributed by atoms with Crippen LogP contribution in [0.4, 0.5) is 10.2 Å². The number of pyridine rings is 2. The molecule has 8 heteroatoms. The first-order valence-corrected chi connectivity index (χ1v) is 10.3. The first-order chi connectivity index (χ1) is 13.6. The molecule has 3 aromatic rings. The van der Waals surface area contributed by atoms with E-state index in [0.717, 1.165) is 40.6 Å². The van der Waals surface area contributed by atoms with Gasteiger partial charge in [-0.1, -0.05) is 12.8 Å². The molecule has 1 fully saturated rings. The molecule has 1 aliphatic heterocycles. The Morgan fingerprint density at radius 2 is 2.18 bits per heavy atom. The van der Waals surface area contributed by atoms with E-state index >= 15 is 4.39 Å². The first kappa shape index (κ1) is 17.5. The molecule has 4 N–H and O–H groups in total. The number of aromatic nitrogens is 2. The second-order valence-electron chi connectivity index (χ2n) is 7.38. The maximum atomic E-state index is 15.2. The third-order valence-electron chi connectivity index (χ3n) is 5.59. The van der Waals surface area contributed by atoms with Crippen molar-refractivity contribution in [1.82, 2.24) is 15.3 Å². The van der Waals surface area contributed by atoms with Gasteiger partial charge in [-0.2, -0.15) is 0 Å². The van der Waals surface area contributed by atoms with E-state index in [1.165, 1.54) is 11.3 Å². The Bertz CT molecular complexity index is 1050. The molecule has 2 atom stereocenters. The van der Waals surface area contributed by atoms with Gasteiger partial charge >= 0.3 is 0 Å². The standard InChI is InChI=1S/C20H20FN5OS/c21-17-11-8-24-20(27)16(11)18(14-7-10-5-6-23-9-15(10)28-14)26-19(17)25-13-4-2-1-3-12(13)22/h5-7,9,12-13H,1-4,8,22H2,(H,24,27)(H,25,26). The highest BCUT2D eigenvalue weighted by atomic mass is 32.1. The van der Waals surface area contributed by atoms with Gasteiger partial charge in [0.1, 0.15) is 0 Å². The normalized spacial score (nSPS) is 21.6. The van der Waals surface area contributed by atoms with Crippen LogP contribution in [0.3, 0.4) is 0 Å². The highest BCUT2D eigenvalue weighted by Crippen LogP contribution is 2.38. The number of carbonyl (C=O) groups is 1. The zero-order valence-electron chi connectivity index (χ0n) is 15.2. The van der Waals surface area contributed by atoms with Gasteiger partial charge in [0.05, 0.1) is 20.8 Å². The Kier molecular flexibility index (Phi) is 4.25. The van der Waals surface area contributed by atoms with Gasteiger partial charge in [-0.3, -0.25) is 9.78 Å². The van der Waals surface area contributed by atoms with E-state index in [0.29, 0.717) is 16.8 Å². The average Bonchev–Trinajstić information content (AvgIpc) is 3.30. The van der Waals surface area contributed by atoms with Gasteiger partial charge in [-0.05, 0) is 30.4 Å². The minimum absolute atomic E-state index is 0.0154. The summed E-state index contributed by atoms with van der Waals surface area (Å²) in [4.78, 5) is 22.0. The van der Waals surface area contributed by atoms with Crippen molar-refractivity contribution in [2.75, 3.05) is 5.32 Å². The summed E-state index contributed by atoms with van der Waals surface area (Å²) < 4.78 is 16.2. The van der Waals surface area contributed by atoms with Gasteiger partial charge < -0.3 is 16.4 Å². The predicted molar refractivity (Wildman–Crippen MR) is 108 cm³/mol. The summed E-state index contributed by atoms with van der Waals surface area (Å²) in [5.41, 5.74) is 7.44. The molecule has 144 valence electrons. The molecule has 0 radical (unpaired) electrons. The molecule has 2 unspecified atom stereocenters. The molecule has 1 amide bonds. The number of nitrogens with two attached hydrogens (primary N) is 1. The Morgan fingerprint density at radius 1 is 1.32 bits per heavy atom. The van der Waals surface area contributed by atoms with Gasteiger partial charge in [0, 0.05) is 36.6 Å². The summed E-state index contributed by atoms with van der Waals surface area (Å²) in [6.07, 6.45) is 7.48. The molecule has 0 saturated heterocycles. The summed E-state index contributed by atoms with van der Waals surface area (Å²) in [6, 6.07) is 3.85. The molecule has 1 aliphatic carbocycles. The number of fused-ring (bicyclic) bond motifs is 2. The fourth-order valence-corrected chi connectivity index (χ4v) is 5.09. The van der Waals surface area contributed by atoms with Gasteiger partial charge in [-0.15, -0.1) is 11.3 Å². The van der Waals surface area contributed by atoms with Crippen molar-refractivity contribution in [2.24, 2.45) is 5.73 Å². The van der Waals surface area contributed by atoms with Crippen molar-refractivity contribution >= 4 is 33.1 Å². The van der Waals surface area contributed by atoms with Crippen LogP contribution < -0.4 is 16.4 Å². The maximum Gasteiger partial charge on any atom is 0.254 e. The third kappa shape index (κ3) is 2.84. The number of carbonyl (C=O) groups excluding carboxylic acids is 1. The first-order valence-electron chi connectivity index (χ1n) is 9.48. The zero-order valence-corrected chi connectivity index (χ0v) is 16.0. The van der Waals surface area contributed by atoms with E-state index in [-0.39, 0.29) is 30.4 Å². The molecule has 6 nitrogen and oxygen atoms in total. The van der Waals surface area contributed by atoms with Crippen molar-refractivity contribution in [3.8, 4) is 10.6 Å². The largest absolute Gasteiger partial charge is 0.363 e. The van der Waals surface area contributed by atoms with Gasteiger partial charge in [0.2, 0.25) is 0 Å². The van der Waals surface area contributed by atoms with Crippen LogP contribution in [0.5, 0.6) is 0 Å². The molecular weight excluding hydrogens is 377 g/mol. The molecule has 3 aromatic heterocycles. The van der Waals surface area contributed by atoms with Crippen molar-refractivity contribution in [1.29, 1.82) is 0 Å². The number of hydrogen-bond donors (Lipinski definition) is 3. The topological polar surface area (TPSA) is 92.9 Å². The highest BCUT2D eigenvalue weighted by molar-refractivity contribution is 7.22. The fourth-order valence-electron chi connectivity index (χ4n) is 4.07. The van der Waals surface area contributed by atoms with E-state index in [1.807, 2.05) is 12.1 Å². The molecular formula is C20H20FN5OS. The quantitative estimate of drug-likeness (QED) is 0.630. The molecule has 1 saturated carbocycles. The van der Waals surface area contributed by atoms with E-state index in [2.05, 4.69) is 20.6 Å². The van der Waals surface area contributed by atoms with E-state index in [9.17, 15) is 4.79 Å². The van der Waals surface area contributed by atoms with Crippen LogP contribution in [0.1, 0.15) is 41.6 Å². The molecule has 0 bridgehead atoms. The molecule has 28 heavy (non-hydrogen) atoms. The summed E-state index contributed by atoms with van der Waals surface area (Å²) in [5.74, 6) is -0.561. The SMILES string of the molecule is NC1CCCCC1Nc1nc(-c2cc3ccncc3s2)c2c(c1F)CNC2=O. The second kappa shape index (κ2) is 6.79. The molecule has 4 heterocycles. The lowest BCUT2D eigenvalue weighted by Crippen LogP contribution is -2.43. The van der Waals surface area contributed by atoms with Crippen LogP contribution in [0.2, 0.25) is 0 Å². The van der Waals surface area contributed by atoms with Crippen LogP contribution in [-0.2, 0) is 6.54 Å². The average molecular weight is 397 g/mol. The molecule has 5 rings (SSSR count). The van der Waals surface area contributed by atoms with Crippen molar-refractivity contribution in [3.63, 3.8) is 0 Å². The number of nitrogens with one attached hydrogen (secondary N) is 2. The maximum absolute atomic E-state index is 15.2. The third-order valence-corrected chi connectivity index (χ3v) is 6.68. The summed E-state index contributed by atoms with van der Waals surface area (Å²) in [7, 11) is 0. The molecule has 0 aromatic carbocycles. The number of halogens is 1. The van der Waals surface area contributed by atoms with Crippen molar-refractivity contribution in [2.45, 2.75) is 44.3 Å².